The van der Waals surface area contributed by atoms with E-state index in [0.29, 0.717) is 5.92 Å². The number of imidazole rings is 1. The molecular formula is C17H24BrClN2. The fourth-order valence-corrected chi connectivity index (χ4v) is 3.30. The summed E-state index contributed by atoms with van der Waals surface area (Å²) in [5.74, 6) is 1.68. The largest absolute Gasteiger partial charge is 0.326 e. The van der Waals surface area contributed by atoms with Crippen molar-refractivity contribution >= 4 is 38.6 Å². The van der Waals surface area contributed by atoms with E-state index in [1.807, 2.05) is 13.0 Å². The Morgan fingerprint density at radius 3 is 2.71 bits per heavy atom. The molecule has 0 saturated heterocycles. The van der Waals surface area contributed by atoms with Crippen LogP contribution in [0, 0.1) is 5.92 Å². The summed E-state index contributed by atoms with van der Waals surface area (Å²) < 4.78 is 3.41. The van der Waals surface area contributed by atoms with Crippen molar-refractivity contribution in [1.82, 2.24) is 9.55 Å². The number of fused-ring (bicyclic) bond motifs is 1. The summed E-state index contributed by atoms with van der Waals surface area (Å²) in [4.78, 5) is 4.73. The molecule has 0 aliphatic carbocycles. The third kappa shape index (κ3) is 4.01. The van der Waals surface area contributed by atoms with Gasteiger partial charge in [0.15, 0.2) is 0 Å². The summed E-state index contributed by atoms with van der Waals surface area (Å²) in [5, 5.41) is -0.0696. The fraction of sp³-hybridized carbons (Fsp3) is 0.588. The van der Waals surface area contributed by atoms with Crippen LogP contribution in [0.1, 0.15) is 57.7 Å². The Bertz CT molecular complexity index is 592. The highest BCUT2D eigenvalue weighted by Crippen LogP contribution is 2.29. The lowest BCUT2D eigenvalue weighted by Gasteiger charge is -2.18. The van der Waals surface area contributed by atoms with Crippen molar-refractivity contribution < 1.29 is 0 Å². The first-order valence-electron chi connectivity index (χ1n) is 7.86. The van der Waals surface area contributed by atoms with Crippen molar-refractivity contribution in [2.75, 3.05) is 0 Å². The predicted molar refractivity (Wildman–Crippen MR) is 95.0 cm³/mol. The normalized spacial score (nSPS) is 14.5. The van der Waals surface area contributed by atoms with E-state index in [1.165, 1.54) is 31.2 Å². The molecule has 21 heavy (non-hydrogen) atoms. The lowest BCUT2D eigenvalue weighted by Crippen LogP contribution is -2.13. The highest BCUT2D eigenvalue weighted by molar-refractivity contribution is 9.10. The molecular weight excluding hydrogens is 348 g/mol. The van der Waals surface area contributed by atoms with Gasteiger partial charge < -0.3 is 4.57 Å². The van der Waals surface area contributed by atoms with Crippen molar-refractivity contribution in [2.24, 2.45) is 5.92 Å². The number of nitrogens with zero attached hydrogens (tertiary/aromatic N) is 2. The molecule has 0 fully saturated rings. The van der Waals surface area contributed by atoms with Crippen LogP contribution in [-0.2, 0) is 6.54 Å². The molecule has 0 aliphatic heterocycles. The van der Waals surface area contributed by atoms with Gasteiger partial charge in [0.25, 0.3) is 0 Å². The zero-order valence-corrected chi connectivity index (χ0v) is 15.4. The first kappa shape index (κ1) is 16.8. The third-order valence-corrected chi connectivity index (χ3v) is 4.77. The maximum Gasteiger partial charge on any atom is 0.127 e. The van der Waals surface area contributed by atoms with E-state index in [1.54, 1.807) is 0 Å². The summed E-state index contributed by atoms with van der Waals surface area (Å²) in [6, 6.07) is 6.25. The second-order valence-corrected chi connectivity index (χ2v) is 7.32. The predicted octanol–water partition coefficient (Wildman–Crippen LogP) is 6.32. The average molecular weight is 372 g/mol. The topological polar surface area (TPSA) is 17.8 Å². The number of halogens is 2. The van der Waals surface area contributed by atoms with Crippen LogP contribution in [0.2, 0.25) is 0 Å². The van der Waals surface area contributed by atoms with Gasteiger partial charge in [-0.3, -0.25) is 0 Å². The molecule has 0 spiro atoms. The molecule has 0 bridgehead atoms. The van der Waals surface area contributed by atoms with Crippen LogP contribution >= 0.6 is 27.5 Å². The molecule has 1 heterocycles. The Morgan fingerprint density at radius 2 is 2.10 bits per heavy atom. The molecule has 4 heteroatoms. The Morgan fingerprint density at radius 1 is 1.33 bits per heavy atom. The first-order valence-corrected chi connectivity index (χ1v) is 9.09. The second-order valence-electron chi connectivity index (χ2n) is 5.75. The average Bonchev–Trinajstić information content (AvgIpc) is 2.81. The van der Waals surface area contributed by atoms with Crippen LogP contribution < -0.4 is 0 Å². The van der Waals surface area contributed by atoms with E-state index in [-0.39, 0.29) is 5.38 Å². The SMILES string of the molecule is CCCCC(CC)Cn1c(C(C)Cl)nc2ccc(Br)cc21. The van der Waals surface area contributed by atoms with E-state index in [0.717, 1.165) is 22.4 Å². The number of unbranched alkanes of at least 4 members (excludes halogenated alkanes) is 1. The molecule has 116 valence electrons. The summed E-state index contributed by atoms with van der Waals surface area (Å²) in [6.45, 7) is 7.54. The van der Waals surface area contributed by atoms with Crippen molar-refractivity contribution in [1.29, 1.82) is 0 Å². The van der Waals surface area contributed by atoms with Gasteiger partial charge in [-0.1, -0.05) is 49.0 Å². The molecule has 2 atom stereocenters. The van der Waals surface area contributed by atoms with Crippen LogP contribution in [0.5, 0.6) is 0 Å². The Labute approximate surface area is 141 Å². The highest BCUT2D eigenvalue weighted by Gasteiger charge is 2.18. The van der Waals surface area contributed by atoms with Crippen molar-refractivity contribution in [3.63, 3.8) is 0 Å². The molecule has 2 aromatic rings. The zero-order valence-electron chi connectivity index (χ0n) is 13.1. The molecule has 1 aromatic heterocycles. The van der Waals surface area contributed by atoms with Gasteiger partial charge in [0.1, 0.15) is 5.82 Å². The molecule has 2 unspecified atom stereocenters. The smallest absolute Gasteiger partial charge is 0.127 e. The molecule has 2 rings (SSSR count). The van der Waals surface area contributed by atoms with Gasteiger partial charge in [-0.25, -0.2) is 4.98 Å². The Balaban J connectivity index is 2.39. The van der Waals surface area contributed by atoms with E-state index in [9.17, 15) is 0 Å². The number of hydrogen-bond acceptors (Lipinski definition) is 1. The number of alkyl halides is 1. The first-order chi connectivity index (χ1) is 10.1. The van der Waals surface area contributed by atoms with Crippen molar-refractivity contribution in [3.05, 3.63) is 28.5 Å². The quantitative estimate of drug-likeness (QED) is 0.521. The summed E-state index contributed by atoms with van der Waals surface area (Å²) >= 11 is 9.92. The van der Waals surface area contributed by atoms with Gasteiger partial charge in [0.2, 0.25) is 0 Å². The molecule has 0 radical (unpaired) electrons. The summed E-state index contributed by atoms with van der Waals surface area (Å²) in [5.41, 5.74) is 2.22. The van der Waals surface area contributed by atoms with Crippen LogP contribution in [0.4, 0.5) is 0 Å². The fourth-order valence-electron chi connectivity index (χ4n) is 2.79. The van der Waals surface area contributed by atoms with E-state index >= 15 is 0 Å². The highest BCUT2D eigenvalue weighted by atomic mass is 79.9. The van der Waals surface area contributed by atoms with E-state index in [2.05, 4.69) is 46.5 Å². The Hall–Kier alpha value is -0.540. The number of hydrogen-bond donors (Lipinski definition) is 0. The molecule has 0 aliphatic rings. The van der Waals surface area contributed by atoms with Gasteiger partial charge in [0.05, 0.1) is 16.4 Å². The second kappa shape index (κ2) is 7.64. The van der Waals surface area contributed by atoms with Crippen LogP contribution in [-0.4, -0.2) is 9.55 Å². The van der Waals surface area contributed by atoms with Crippen LogP contribution in [0.15, 0.2) is 22.7 Å². The summed E-state index contributed by atoms with van der Waals surface area (Å²) in [7, 11) is 0. The molecule has 0 saturated carbocycles. The maximum absolute atomic E-state index is 6.36. The molecule has 1 aromatic carbocycles. The lowest BCUT2D eigenvalue weighted by atomic mass is 9.99. The monoisotopic (exact) mass is 370 g/mol. The van der Waals surface area contributed by atoms with Crippen molar-refractivity contribution in [2.45, 2.75) is 58.4 Å². The van der Waals surface area contributed by atoms with E-state index < -0.39 is 0 Å². The van der Waals surface area contributed by atoms with Crippen molar-refractivity contribution in [3.8, 4) is 0 Å². The molecule has 2 nitrogen and oxygen atoms in total. The zero-order chi connectivity index (χ0) is 15.4. The van der Waals surface area contributed by atoms with Gasteiger partial charge in [0, 0.05) is 11.0 Å². The van der Waals surface area contributed by atoms with Gasteiger partial charge in [-0.15, -0.1) is 11.6 Å². The number of benzene rings is 1. The minimum absolute atomic E-state index is 0.0696. The minimum Gasteiger partial charge on any atom is -0.326 e. The van der Waals surface area contributed by atoms with Crippen LogP contribution in [0.3, 0.4) is 0 Å². The minimum atomic E-state index is -0.0696. The lowest BCUT2D eigenvalue weighted by molar-refractivity contribution is 0.389. The van der Waals surface area contributed by atoms with Gasteiger partial charge in [-0.2, -0.15) is 0 Å². The summed E-state index contributed by atoms with van der Waals surface area (Å²) in [6.07, 6.45) is 5.02. The number of rotatable bonds is 7. The van der Waals surface area contributed by atoms with Gasteiger partial charge in [-0.05, 0) is 37.5 Å². The Kier molecular flexibility index (Phi) is 6.12. The van der Waals surface area contributed by atoms with Gasteiger partial charge >= 0.3 is 0 Å². The third-order valence-electron chi connectivity index (χ3n) is 4.08. The maximum atomic E-state index is 6.36. The standard InChI is InChI=1S/C17H24BrClN2/c1-4-6-7-13(5-2)11-21-16-10-14(18)8-9-15(16)20-17(21)12(3)19/h8-10,12-13H,4-7,11H2,1-3H3. The number of aromatic nitrogens is 2. The van der Waals surface area contributed by atoms with Crippen LogP contribution in [0.25, 0.3) is 11.0 Å². The molecule has 0 N–H and O–H groups in total. The molecule has 0 amide bonds. The van der Waals surface area contributed by atoms with E-state index in [4.69, 9.17) is 16.6 Å².